The molecule has 0 N–H and O–H groups in total. The molecule has 2 aromatic rings. The molecule has 2 rings (SSSR count). The number of hydrogen-bond acceptors (Lipinski definition) is 6. The van der Waals surface area contributed by atoms with E-state index in [0.717, 1.165) is 17.1 Å². The van der Waals surface area contributed by atoms with Crippen molar-refractivity contribution in [1.82, 2.24) is 14.8 Å². The molecule has 1 aromatic heterocycles. The lowest BCUT2D eigenvalue weighted by Crippen LogP contribution is -2.09. The highest BCUT2D eigenvalue weighted by molar-refractivity contribution is 7.99. The van der Waals surface area contributed by atoms with Crippen molar-refractivity contribution >= 4 is 17.7 Å². The molecule has 0 aliphatic rings. The third kappa shape index (κ3) is 4.48. The molecule has 124 valence electrons. The van der Waals surface area contributed by atoms with E-state index in [-0.39, 0.29) is 11.7 Å². The Morgan fingerprint density at radius 2 is 2.09 bits per heavy atom. The fraction of sp³-hybridized carbons (Fsp3) is 0.438. The van der Waals surface area contributed by atoms with Gasteiger partial charge < -0.3 is 14.0 Å². The second-order valence-corrected chi connectivity index (χ2v) is 6.01. The third-order valence-corrected chi connectivity index (χ3v) is 4.28. The van der Waals surface area contributed by atoms with Crippen LogP contribution in [0.2, 0.25) is 0 Å². The van der Waals surface area contributed by atoms with Gasteiger partial charge in [-0.15, -0.1) is 10.2 Å². The first kappa shape index (κ1) is 17.3. The van der Waals surface area contributed by atoms with Crippen LogP contribution in [0.5, 0.6) is 5.75 Å². The Bertz CT molecular complexity index is 685. The summed E-state index contributed by atoms with van der Waals surface area (Å²) in [4.78, 5) is 11.2. The molecule has 6 nitrogen and oxygen atoms in total. The second-order valence-electron chi connectivity index (χ2n) is 5.07. The molecule has 0 unspecified atom stereocenters. The minimum absolute atomic E-state index is 0.215. The van der Waals surface area contributed by atoms with Crippen LogP contribution >= 0.6 is 11.8 Å². The molecule has 7 heteroatoms. The lowest BCUT2D eigenvalue weighted by molar-refractivity contribution is -0.137. The van der Waals surface area contributed by atoms with Crippen molar-refractivity contribution in [1.29, 1.82) is 0 Å². The molecule has 1 aromatic carbocycles. The lowest BCUT2D eigenvalue weighted by Gasteiger charge is -2.11. The predicted octanol–water partition coefficient (Wildman–Crippen LogP) is 2.76. The van der Waals surface area contributed by atoms with Gasteiger partial charge in [-0.1, -0.05) is 29.5 Å². The van der Waals surface area contributed by atoms with Crippen LogP contribution in [0.25, 0.3) is 0 Å². The van der Waals surface area contributed by atoms with Crippen molar-refractivity contribution in [3.8, 4) is 5.75 Å². The zero-order chi connectivity index (χ0) is 16.8. The van der Waals surface area contributed by atoms with Gasteiger partial charge in [0.25, 0.3) is 0 Å². The zero-order valence-corrected chi connectivity index (χ0v) is 14.6. The van der Waals surface area contributed by atoms with Gasteiger partial charge in [0.15, 0.2) is 11.0 Å². The fourth-order valence-corrected chi connectivity index (χ4v) is 2.99. The number of hydrogen-bond donors (Lipinski definition) is 0. The SMILES string of the molecule is CCn1c(COc2ccc(C)cc2C)nnc1SCC(=O)OC. The topological polar surface area (TPSA) is 66.2 Å². The zero-order valence-electron chi connectivity index (χ0n) is 13.8. The summed E-state index contributed by atoms with van der Waals surface area (Å²) in [5, 5.41) is 8.99. The number of aryl methyl sites for hydroxylation is 2. The third-order valence-electron chi connectivity index (χ3n) is 3.34. The van der Waals surface area contributed by atoms with Gasteiger partial charge in [0.1, 0.15) is 12.4 Å². The van der Waals surface area contributed by atoms with E-state index < -0.39 is 0 Å². The van der Waals surface area contributed by atoms with Gasteiger partial charge in [0, 0.05) is 6.54 Å². The Morgan fingerprint density at radius 3 is 2.74 bits per heavy atom. The van der Waals surface area contributed by atoms with Crippen LogP contribution in [0.1, 0.15) is 23.9 Å². The van der Waals surface area contributed by atoms with Gasteiger partial charge in [-0.2, -0.15) is 0 Å². The first-order valence-electron chi connectivity index (χ1n) is 7.36. The molecule has 0 spiro atoms. The van der Waals surface area contributed by atoms with Gasteiger partial charge in [0.2, 0.25) is 0 Å². The number of benzene rings is 1. The Morgan fingerprint density at radius 1 is 1.30 bits per heavy atom. The van der Waals surface area contributed by atoms with Crippen LogP contribution in [0, 0.1) is 13.8 Å². The summed E-state index contributed by atoms with van der Waals surface area (Å²) in [6.45, 7) is 7.12. The van der Waals surface area contributed by atoms with Crippen molar-refractivity contribution in [3.05, 3.63) is 35.2 Å². The molecule has 0 bridgehead atoms. The maximum Gasteiger partial charge on any atom is 0.316 e. The quantitative estimate of drug-likeness (QED) is 0.572. The molecule has 0 aliphatic heterocycles. The minimum atomic E-state index is -0.284. The summed E-state index contributed by atoms with van der Waals surface area (Å²) < 4.78 is 12.4. The van der Waals surface area contributed by atoms with E-state index in [9.17, 15) is 4.79 Å². The van der Waals surface area contributed by atoms with Crippen LogP contribution in [0.3, 0.4) is 0 Å². The molecule has 0 saturated heterocycles. The molecular weight excluding hydrogens is 314 g/mol. The maximum atomic E-state index is 11.2. The van der Waals surface area contributed by atoms with Crippen molar-refractivity contribution in [2.45, 2.75) is 39.1 Å². The molecule has 0 saturated carbocycles. The van der Waals surface area contributed by atoms with E-state index in [1.165, 1.54) is 24.4 Å². The van der Waals surface area contributed by atoms with Crippen LogP contribution < -0.4 is 4.74 Å². The molecular formula is C16H21N3O3S. The van der Waals surface area contributed by atoms with Gasteiger partial charge >= 0.3 is 5.97 Å². The summed E-state index contributed by atoms with van der Waals surface area (Å²) in [6.07, 6.45) is 0. The van der Waals surface area contributed by atoms with Crippen LogP contribution in [-0.4, -0.2) is 33.6 Å². The first-order chi connectivity index (χ1) is 11.0. The number of esters is 1. The normalized spacial score (nSPS) is 10.6. The number of rotatable bonds is 7. The van der Waals surface area contributed by atoms with E-state index in [2.05, 4.69) is 27.9 Å². The second kappa shape index (κ2) is 8.01. The molecule has 0 amide bonds. The molecule has 1 heterocycles. The molecule has 0 radical (unpaired) electrons. The highest BCUT2D eigenvalue weighted by Crippen LogP contribution is 2.21. The Hall–Kier alpha value is -2.02. The number of ether oxygens (including phenoxy) is 2. The van der Waals surface area contributed by atoms with E-state index in [4.69, 9.17) is 4.74 Å². The number of carbonyl (C=O) groups excluding carboxylic acids is 1. The number of aromatic nitrogens is 3. The number of nitrogens with zero attached hydrogens (tertiary/aromatic N) is 3. The minimum Gasteiger partial charge on any atom is -0.485 e. The van der Waals surface area contributed by atoms with Crippen molar-refractivity contribution in [2.75, 3.05) is 12.9 Å². The molecule has 0 aliphatic carbocycles. The van der Waals surface area contributed by atoms with Gasteiger partial charge in [-0.25, -0.2) is 0 Å². The van der Waals surface area contributed by atoms with Gasteiger partial charge in [-0.05, 0) is 32.4 Å². The first-order valence-corrected chi connectivity index (χ1v) is 8.35. The van der Waals surface area contributed by atoms with E-state index in [1.807, 2.05) is 30.5 Å². The number of thioether (sulfide) groups is 1. The molecule has 0 fully saturated rings. The molecule has 23 heavy (non-hydrogen) atoms. The Kier molecular flexibility index (Phi) is 6.04. The standard InChI is InChI=1S/C16H21N3O3S/c1-5-19-14(17-18-16(19)23-10-15(20)21-4)9-22-13-7-6-11(2)8-12(13)3/h6-8H,5,9-10H2,1-4H3. The summed E-state index contributed by atoms with van der Waals surface area (Å²) in [5.74, 6) is 1.51. The summed E-state index contributed by atoms with van der Waals surface area (Å²) in [5.41, 5.74) is 2.29. The van der Waals surface area contributed by atoms with Crippen molar-refractivity contribution in [2.24, 2.45) is 0 Å². The van der Waals surface area contributed by atoms with Gasteiger partial charge in [-0.3, -0.25) is 4.79 Å². The Balaban J connectivity index is 2.05. The van der Waals surface area contributed by atoms with Crippen LogP contribution in [0.15, 0.2) is 23.4 Å². The van der Waals surface area contributed by atoms with Gasteiger partial charge in [0.05, 0.1) is 12.9 Å². The molecule has 0 atom stereocenters. The Labute approximate surface area is 140 Å². The number of carbonyl (C=O) groups is 1. The average molecular weight is 335 g/mol. The van der Waals surface area contributed by atoms with Crippen LogP contribution in [0.4, 0.5) is 0 Å². The smallest absolute Gasteiger partial charge is 0.316 e. The fourth-order valence-electron chi connectivity index (χ4n) is 2.14. The largest absolute Gasteiger partial charge is 0.485 e. The van der Waals surface area contributed by atoms with Crippen molar-refractivity contribution < 1.29 is 14.3 Å². The van der Waals surface area contributed by atoms with E-state index in [1.54, 1.807) is 0 Å². The van der Waals surface area contributed by atoms with E-state index in [0.29, 0.717) is 18.3 Å². The lowest BCUT2D eigenvalue weighted by atomic mass is 10.1. The number of methoxy groups -OCH3 is 1. The monoisotopic (exact) mass is 335 g/mol. The summed E-state index contributed by atoms with van der Waals surface area (Å²) >= 11 is 1.31. The van der Waals surface area contributed by atoms with Crippen molar-refractivity contribution in [3.63, 3.8) is 0 Å². The summed E-state index contributed by atoms with van der Waals surface area (Å²) in [7, 11) is 1.37. The highest BCUT2D eigenvalue weighted by atomic mass is 32.2. The maximum absolute atomic E-state index is 11.2. The average Bonchev–Trinajstić information content (AvgIpc) is 2.93. The highest BCUT2D eigenvalue weighted by Gasteiger charge is 2.14. The van der Waals surface area contributed by atoms with E-state index >= 15 is 0 Å². The van der Waals surface area contributed by atoms with Crippen LogP contribution in [-0.2, 0) is 22.7 Å². The predicted molar refractivity (Wildman–Crippen MR) is 88.7 cm³/mol. The summed E-state index contributed by atoms with van der Waals surface area (Å²) in [6, 6.07) is 6.06.